The summed E-state index contributed by atoms with van der Waals surface area (Å²) >= 11 is 0. The van der Waals surface area contributed by atoms with Crippen molar-refractivity contribution in [3.8, 4) is 0 Å². The summed E-state index contributed by atoms with van der Waals surface area (Å²) < 4.78 is 0. The van der Waals surface area contributed by atoms with Crippen molar-refractivity contribution in [3.05, 3.63) is 0 Å². The smallest absolute Gasteiger partial charge is 0.0496 e. The van der Waals surface area contributed by atoms with Gasteiger partial charge >= 0.3 is 0 Å². The molecule has 1 fully saturated rings. The highest BCUT2D eigenvalue weighted by Crippen LogP contribution is 2.29. The molecular formula is C14H29NO. The van der Waals surface area contributed by atoms with Crippen LogP contribution in [0.15, 0.2) is 0 Å². The van der Waals surface area contributed by atoms with Crippen molar-refractivity contribution >= 4 is 0 Å². The van der Waals surface area contributed by atoms with Crippen LogP contribution in [0.25, 0.3) is 0 Å². The lowest BCUT2D eigenvalue weighted by atomic mass is 9.79. The molecule has 0 saturated heterocycles. The second kappa shape index (κ2) is 6.02. The Bertz CT molecular complexity index is 201. The second-order valence-electron chi connectivity index (χ2n) is 6.21. The van der Waals surface area contributed by atoms with Crippen molar-refractivity contribution in [2.24, 2.45) is 17.3 Å². The van der Waals surface area contributed by atoms with E-state index in [2.05, 4.69) is 33.0 Å². The van der Waals surface area contributed by atoms with Crippen LogP contribution in [-0.2, 0) is 0 Å². The molecule has 2 N–H and O–H groups in total. The summed E-state index contributed by atoms with van der Waals surface area (Å²) in [5, 5.41) is 13.1. The van der Waals surface area contributed by atoms with E-state index in [-0.39, 0.29) is 12.0 Å². The molecule has 2 nitrogen and oxygen atoms in total. The van der Waals surface area contributed by atoms with Crippen molar-refractivity contribution < 1.29 is 5.11 Å². The Morgan fingerprint density at radius 2 is 2.00 bits per heavy atom. The molecule has 0 aromatic carbocycles. The lowest BCUT2D eigenvalue weighted by Gasteiger charge is -2.36. The van der Waals surface area contributed by atoms with Gasteiger partial charge in [-0.25, -0.2) is 0 Å². The molecule has 1 aliphatic carbocycles. The van der Waals surface area contributed by atoms with E-state index in [1.54, 1.807) is 0 Å². The van der Waals surface area contributed by atoms with E-state index >= 15 is 0 Å². The average molecular weight is 227 g/mol. The molecule has 0 aromatic heterocycles. The minimum absolute atomic E-state index is 0.0583. The van der Waals surface area contributed by atoms with Gasteiger partial charge in [0.15, 0.2) is 0 Å². The number of hydrogen-bond acceptors (Lipinski definition) is 2. The quantitative estimate of drug-likeness (QED) is 0.757. The lowest BCUT2D eigenvalue weighted by Crippen LogP contribution is -2.44. The fourth-order valence-electron chi connectivity index (χ4n) is 2.64. The molecule has 0 amide bonds. The molecule has 0 bridgehead atoms. The molecule has 4 atom stereocenters. The Hall–Kier alpha value is -0.0800. The summed E-state index contributed by atoms with van der Waals surface area (Å²) in [6, 6.07) is 0.661. The first-order valence-electron chi connectivity index (χ1n) is 6.85. The molecule has 16 heavy (non-hydrogen) atoms. The first kappa shape index (κ1) is 14.0. The highest BCUT2D eigenvalue weighted by atomic mass is 16.3. The molecule has 1 aliphatic rings. The van der Waals surface area contributed by atoms with Crippen LogP contribution in [0.5, 0.6) is 0 Å². The first-order valence-corrected chi connectivity index (χ1v) is 6.85. The zero-order chi connectivity index (χ0) is 12.2. The van der Waals surface area contributed by atoms with Gasteiger partial charge in [0.05, 0.1) is 0 Å². The van der Waals surface area contributed by atoms with Crippen LogP contribution in [0.1, 0.15) is 53.4 Å². The maximum Gasteiger partial charge on any atom is 0.0496 e. The van der Waals surface area contributed by atoms with Gasteiger partial charge in [0.2, 0.25) is 0 Å². The van der Waals surface area contributed by atoms with Crippen molar-refractivity contribution in [3.63, 3.8) is 0 Å². The Morgan fingerprint density at radius 1 is 1.31 bits per heavy atom. The van der Waals surface area contributed by atoms with Crippen molar-refractivity contribution in [2.75, 3.05) is 13.2 Å². The van der Waals surface area contributed by atoms with Crippen molar-refractivity contribution in [1.29, 1.82) is 0 Å². The van der Waals surface area contributed by atoms with Crippen molar-refractivity contribution in [2.45, 2.75) is 59.4 Å². The van der Waals surface area contributed by atoms with E-state index in [1.165, 1.54) is 19.3 Å². The molecular weight excluding hydrogens is 198 g/mol. The normalized spacial score (nSPS) is 34.7. The first-order chi connectivity index (χ1) is 7.50. The maximum atomic E-state index is 9.38. The molecule has 2 heteroatoms. The molecule has 0 aliphatic heterocycles. The van der Waals surface area contributed by atoms with Gasteiger partial charge < -0.3 is 10.4 Å². The summed E-state index contributed by atoms with van der Waals surface area (Å²) in [6.07, 6.45) is 5.03. The van der Waals surface area contributed by atoms with Gasteiger partial charge in [0, 0.05) is 24.6 Å². The number of nitrogens with one attached hydrogen (secondary N) is 1. The monoisotopic (exact) mass is 227 g/mol. The molecule has 1 saturated carbocycles. The number of rotatable bonds is 5. The predicted octanol–water partition coefficient (Wildman–Crippen LogP) is 2.81. The van der Waals surface area contributed by atoms with Gasteiger partial charge in [-0.1, -0.05) is 27.7 Å². The fourth-order valence-corrected chi connectivity index (χ4v) is 2.64. The van der Waals surface area contributed by atoms with Crippen LogP contribution in [0.3, 0.4) is 0 Å². The molecule has 0 heterocycles. The Kier molecular flexibility index (Phi) is 5.26. The zero-order valence-corrected chi connectivity index (χ0v) is 11.4. The number of hydrogen-bond donors (Lipinski definition) is 2. The van der Waals surface area contributed by atoms with E-state index in [4.69, 9.17) is 0 Å². The van der Waals surface area contributed by atoms with E-state index < -0.39 is 0 Å². The highest BCUT2D eigenvalue weighted by molar-refractivity contribution is 4.84. The summed E-state index contributed by atoms with van der Waals surface area (Å²) in [6.45, 7) is 10.3. The Balaban J connectivity index is 2.37. The van der Waals surface area contributed by atoms with Gasteiger partial charge in [0.1, 0.15) is 0 Å². The SMILES string of the molecule is CCC(C)(CO)CNC1CCC(C)CC1C. The third-order valence-electron chi connectivity index (χ3n) is 4.46. The van der Waals surface area contributed by atoms with E-state index in [1.807, 2.05) is 0 Å². The van der Waals surface area contributed by atoms with Crippen LogP contribution < -0.4 is 5.32 Å². The van der Waals surface area contributed by atoms with E-state index in [0.29, 0.717) is 6.04 Å². The van der Waals surface area contributed by atoms with E-state index in [0.717, 1.165) is 24.8 Å². The molecule has 0 aromatic rings. The third-order valence-corrected chi connectivity index (χ3v) is 4.46. The molecule has 0 spiro atoms. The van der Waals surface area contributed by atoms with Crippen LogP contribution >= 0.6 is 0 Å². The zero-order valence-electron chi connectivity index (χ0n) is 11.4. The van der Waals surface area contributed by atoms with Crippen LogP contribution in [0, 0.1) is 17.3 Å². The third kappa shape index (κ3) is 3.74. The summed E-state index contributed by atoms with van der Waals surface area (Å²) in [5.74, 6) is 1.67. The number of aliphatic hydroxyl groups is 1. The molecule has 4 unspecified atom stereocenters. The molecule has 0 radical (unpaired) electrons. The van der Waals surface area contributed by atoms with Crippen molar-refractivity contribution in [1.82, 2.24) is 5.32 Å². The summed E-state index contributed by atoms with van der Waals surface area (Å²) in [5.41, 5.74) is 0.0583. The van der Waals surface area contributed by atoms with Crippen LogP contribution in [0.2, 0.25) is 0 Å². The average Bonchev–Trinajstić information content (AvgIpc) is 2.27. The standard InChI is InChI=1S/C14H29NO/c1-5-14(4,10-16)9-15-13-7-6-11(2)8-12(13)3/h11-13,15-16H,5-10H2,1-4H3. The fraction of sp³-hybridized carbons (Fsp3) is 1.00. The highest BCUT2D eigenvalue weighted by Gasteiger charge is 2.28. The molecule has 1 rings (SSSR count). The van der Waals surface area contributed by atoms with Gasteiger partial charge in [-0.15, -0.1) is 0 Å². The van der Waals surface area contributed by atoms with Crippen LogP contribution in [-0.4, -0.2) is 24.3 Å². The minimum atomic E-state index is 0.0583. The molecule has 96 valence electrons. The Labute approximate surface area is 101 Å². The minimum Gasteiger partial charge on any atom is -0.396 e. The maximum absolute atomic E-state index is 9.38. The number of aliphatic hydroxyl groups excluding tert-OH is 1. The van der Waals surface area contributed by atoms with Crippen LogP contribution in [0.4, 0.5) is 0 Å². The largest absolute Gasteiger partial charge is 0.396 e. The predicted molar refractivity (Wildman–Crippen MR) is 69.5 cm³/mol. The van der Waals surface area contributed by atoms with Gasteiger partial charge in [-0.05, 0) is 37.5 Å². The van der Waals surface area contributed by atoms with Gasteiger partial charge in [0.25, 0.3) is 0 Å². The lowest BCUT2D eigenvalue weighted by molar-refractivity contribution is 0.120. The summed E-state index contributed by atoms with van der Waals surface area (Å²) in [4.78, 5) is 0. The summed E-state index contributed by atoms with van der Waals surface area (Å²) in [7, 11) is 0. The second-order valence-corrected chi connectivity index (χ2v) is 6.21. The van der Waals surface area contributed by atoms with Gasteiger partial charge in [-0.3, -0.25) is 0 Å². The van der Waals surface area contributed by atoms with E-state index in [9.17, 15) is 5.11 Å². The Morgan fingerprint density at radius 3 is 2.50 bits per heavy atom. The van der Waals surface area contributed by atoms with Gasteiger partial charge in [-0.2, -0.15) is 0 Å². The topological polar surface area (TPSA) is 32.3 Å².